The topological polar surface area (TPSA) is 87.6 Å². The molecule has 0 aromatic rings. The summed E-state index contributed by atoms with van der Waals surface area (Å²) in [6.07, 6.45) is 3.15. The third-order valence-electron chi connectivity index (χ3n) is 5.04. The van der Waals surface area contributed by atoms with Gasteiger partial charge in [-0.1, -0.05) is 0 Å². The van der Waals surface area contributed by atoms with Gasteiger partial charge in [0.2, 0.25) is 0 Å². The van der Waals surface area contributed by atoms with Crippen LogP contribution < -0.4 is 10.6 Å². The molecule has 2 rings (SSSR count). The second kappa shape index (κ2) is 13.3. The van der Waals surface area contributed by atoms with Crippen LogP contribution in [-0.4, -0.2) is 100 Å². The monoisotopic (exact) mass is 400 g/mol. The minimum Gasteiger partial charge on any atom is -0.387 e. The van der Waals surface area contributed by atoms with Gasteiger partial charge in [-0.15, -0.1) is 0 Å². The molecule has 0 aromatic heterocycles. The van der Waals surface area contributed by atoms with Gasteiger partial charge in [0.25, 0.3) is 0 Å². The number of nitrogens with zero attached hydrogens (tertiary/aromatic N) is 2. The van der Waals surface area contributed by atoms with Crippen LogP contribution in [0.15, 0.2) is 4.99 Å². The van der Waals surface area contributed by atoms with Crippen LogP contribution in [0.3, 0.4) is 0 Å². The highest BCUT2D eigenvalue weighted by molar-refractivity contribution is 5.79. The zero-order valence-electron chi connectivity index (χ0n) is 17.8. The molecule has 2 aliphatic heterocycles. The summed E-state index contributed by atoms with van der Waals surface area (Å²) in [5.74, 6) is 1.39. The third kappa shape index (κ3) is 10.0. The first-order chi connectivity index (χ1) is 13.6. The smallest absolute Gasteiger partial charge is 0.191 e. The Kier molecular flexibility index (Phi) is 11.1. The molecule has 0 radical (unpaired) electrons. The van der Waals surface area contributed by atoms with Crippen molar-refractivity contribution in [1.82, 2.24) is 15.5 Å². The number of ether oxygens (including phenoxy) is 3. The second-order valence-corrected chi connectivity index (χ2v) is 7.99. The molecule has 0 aliphatic carbocycles. The number of hydrogen-bond acceptors (Lipinski definition) is 6. The van der Waals surface area contributed by atoms with Crippen molar-refractivity contribution in [2.45, 2.75) is 38.7 Å². The lowest BCUT2D eigenvalue weighted by molar-refractivity contribution is -0.0180. The molecule has 0 spiro atoms. The summed E-state index contributed by atoms with van der Waals surface area (Å²) in [7, 11) is 0. The zero-order valence-corrected chi connectivity index (χ0v) is 17.8. The molecule has 0 saturated carbocycles. The summed E-state index contributed by atoms with van der Waals surface area (Å²) in [6.45, 7) is 13.0. The quantitative estimate of drug-likeness (QED) is 0.264. The number of aliphatic imine (C=N–C) groups is 1. The van der Waals surface area contributed by atoms with E-state index in [0.717, 1.165) is 91.0 Å². The Balaban J connectivity index is 1.61. The van der Waals surface area contributed by atoms with Gasteiger partial charge in [-0.25, -0.2) is 0 Å². The highest BCUT2D eigenvalue weighted by atomic mass is 16.5. The molecule has 0 bridgehead atoms. The van der Waals surface area contributed by atoms with Crippen molar-refractivity contribution in [3.8, 4) is 0 Å². The molecule has 2 heterocycles. The first kappa shape index (κ1) is 23.3. The molecule has 2 aliphatic rings. The van der Waals surface area contributed by atoms with Crippen LogP contribution in [0, 0.1) is 5.92 Å². The van der Waals surface area contributed by atoms with Gasteiger partial charge in [0.15, 0.2) is 5.96 Å². The number of β-amino-alcohol motifs (C(OH)–C–C–N with tert-alkyl or cyclic N) is 1. The number of hydrogen-bond donors (Lipinski definition) is 3. The van der Waals surface area contributed by atoms with Crippen molar-refractivity contribution in [2.24, 2.45) is 10.9 Å². The number of guanidine groups is 1. The summed E-state index contributed by atoms with van der Waals surface area (Å²) < 4.78 is 16.5. The van der Waals surface area contributed by atoms with Crippen molar-refractivity contribution >= 4 is 5.96 Å². The summed E-state index contributed by atoms with van der Waals surface area (Å²) >= 11 is 0. The standard InChI is InChI=1S/C20H40N4O4/c1-3-21-19(22-7-4-10-28-15-18-5-11-26-12-6-18)23-16-20(2,25)17-24-8-13-27-14-9-24/h18,25H,3-17H2,1-2H3,(H2,21,22,23). The minimum absolute atomic E-state index is 0.361. The van der Waals surface area contributed by atoms with E-state index in [0.29, 0.717) is 19.0 Å². The van der Waals surface area contributed by atoms with E-state index in [1.54, 1.807) is 0 Å². The van der Waals surface area contributed by atoms with Gasteiger partial charge in [-0.2, -0.15) is 0 Å². The van der Waals surface area contributed by atoms with E-state index in [9.17, 15) is 5.11 Å². The molecule has 2 fully saturated rings. The van der Waals surface area contributed by atoms with E-state index in [1.807, 2.05) is 13.8 Å². The predicted molar refractivity (Wildman–Crippen MR) is 111 cm³/mol. The van der Waals surface area contributed by atoms with Gasteiger partial charge in [0, 0.05) is 59.2 Å². The van der Waals surface area contributed by atoms with Crippen molar-refractivity contribution < 1.29 is 19.3 Å². The van der Waals surface area contributed by atoms with Crippen molar-refractivity contribution in [3.63, 3.8) is 0 Å². The lowest BCUT2D eigenvalue weighted by Crippen LogP contribution is -2.48. The summed E-state index contributed by atoms with van der Waals surface area (Å²) in [5.41, 5.74) is -0.855. The van der Waals surface area contributed by atoms with Gasteiger partial charge >= 0.3 is 0 Å². The molecule has 2 saturated heterocycles. The molecule has 28 heavy (non-hydrogen) atoms. The van der Waals surface area contributed by atoms with Crippen LogP contribution in [0.25, 0.3) is 0 Å². The van der Waals surface area contributed by atoms with Gasteiger partial charge in [0.1, 0.15) is 0 Å². The van der Waals surface area contributed by atoms with Crippen LogP contribution in [0.5, 0.6) is 0 Å². The number of aliphatic hydroxyl groups is 1. The fourth-order valence-electron chi connectivity index (χ4n) is 3.43. The lowest BCUT2D eigenvalue weighted by Gasteiger charge is -2.33. The third-order valence-corrected chi connectivity index (χ3v) is 5.04. The van der Waals surface area contributed by atoms with Gasteiger partial charge in [0.05, 0.1) is 25.4 Å². The molecule has 8 nitrogen and oxygen atoms in total. The largest absolute Gasteiger partial charge is 0.387 e. The Hall–Kier alpha value is -0.930. The first-order valence-electron chi connectivity index (χ1n) is 10.8. The van der Waals surface area contributed by atoms with E-state index in [2.05, 4.69) is 20.5 Å². The average molecular weight is 401 g/mol. The van der Waals surface area contributed by atoms with E-state index in [4.69, 9.17) is 14.2 Å². The predicted octanol–water partition coefficient (Wildman–Crippen LogP) is 0.458. The molecular formula is C20H40N4O4. The molecule has 3 N–H and O–H groups in total. The van der Waals surface area contributed by atoms with E-state index >= 15 is 0 Å². The molecule has 8 heteroatoms. The molecule has 1 atom stereocenters. The average Bonchev–Trinajstić information content (AvgIpc) is 2.70. The summed E-state index contributed by atoms with van der Waals surface area (Å²) in [5, 5.41) is 17.2. The maximum atomic E-state index is 10.7. The van der Waals surface area contributed by atoms with Gasteiger partial charge in [-0.3, -0.25) is 9.89 Å². The minimum atomic E-state index is -0.855. The Morgan fingerprint density at radius 1 is 1.18 bits per heavy atom. The Labute approximate surface area is 170 Å². The zero-order chi connectivity index (χ0) is 20.1. The van der Waals surface area contributed by atoms with Crippen LogP contribution in [-0.2, 0) is 14.2 Å². The summed E-state index contributed by atoms with van der Waals surface area (Å²) in [4.78, 5) is 6.80. The molecule has 1 unspecified atom stereocenters. The Morgan fingerprint density at radius 3 is 2.61 bits per heavy atom. The number of rotatable bonds is 11. The second-order valence-electron chi connectivity index (χ2n) is 7.99. The fourth-order valence-corrected chi connectivity index (χ4v) is 3.43. The number of nitrogens with one attached hydrogen (secondary N) is 2. The molecular weight excluding hydrogens is 360 g/mol. The maximum absolute atomic E-state index is 10.7. The van der Waals surface area contributed by atoms with E-state index < -0.39 is 5.60 Å². The molecule has 0 amide bonds. The van der Waals surface area contributed by atoms with Crippen molar-refractivity contribution in [1.29, 1.82) is 0 Å². The van der Waals surface area contributed by atoms with E-state index in [1.165, 1.54) is 0 Å². The number of morpholine rings is 1. The maximum Gasteiger partial charge on any atom is 0.191 e. The van der Waals surface area contributed by atoms with Crippen LogP contribution >= 0.6 is 0 Å². The highest BCUT2D eigenvalue weighted by Gasteiger charge is 2.25. The normalized spacial score (nSPS) is 22.0. The van der Waals surface area contributed by atoms with E-state index in [-0.39, 0.29) is 0 Å². The fraction of sp³-hybridized carbons (Fsp3) is 0.950. The Morgan fingerprint density at radius 2 is 1.89 bits per heavy atom. The lowest BCUT2D eigenvalue weighted by atomic mass is 10.0. The Bertz CT molecular complexity index is 436. The summed E-state index contributed by atoms with van der Waals surface area (Å²) in [6, 6.07) is 0. The van der Waals surface area contributed by atoms with Crippen molar-refractivity contribution in [2.75, 3.05) is 78.9 Å². The first-order valence-corrected chi connectivity index (χ1v) is 10.8. The van der Waals surface area contributed by atoms with Gasteiger partial charge in [-0.05, 0) is 39.0 Å². The molecule has 0 aromatic carbocycles. The highest BCUT2D eigenvalue weighted by Crippen LogP contribution is 2.14. The van der Waals surface area contributed by atoms with Crippen molar-refractivity contribution in [3.05, 3.63) is 0 Å². The SMILES string of the molecule is CCNC(=NCC(C)(O)CN1CCOCC1)NCCCOCC1CCOCC1. The van der Waals surface area contributed by atoms with Crippen LogP contribution in [0.2, 0.25) is 0 Å². The van der Waals surface area contributed by atoms with Crippen LogP contribution in [0.1, 0.15) is 33.1 Å². The van der Waals surface area contributed by atoms with Crippen LogP contribution in [0.4, 0.5) is 0 Å². The van der Waals surface area contributed by atoms with Gasteiger partial charge < -0.3 is 30.0 Å². The molecule has 164 valence electrons.